The SMILES string of the molecule is CCc1cc(Cl)n(C)n1.O=S(=O)(Cl)Cl. The standard InChI is InChI=1S/C6H9ClN2.Cl2O2S/c1-3-5-4-6(7)9(2)8-5;1-5(2,3)4/h4H,3H2,1-2H3;. The Labute approximate surface area is 96.7 Å². The smallest absolute Gasteiger partial charge is 0.257 e. The van der Waals surface area contributed by atoms with Crippen LogP contribution in [0.1, 0.15) is 12.6 Å². The highest BCUT2D eigenvalue weighted by Gasteiger charge is 1.97. The maximum Gasteiger partial charge on any atom is 0.317 e. The molecule has 0 bridgehead atoms. The molecule has 14 heavy (non-hydrogen) atoms. The van der Waals surface area contributed by atoms with Gasteiger partial charge in [0, 0.05) is 28.4 Å². The predicted molar refractivity (Wildman–Crippen MR) is 58.2 cm³/mol. The number of halogens is 3. The van der Waals surface area contributed by atoms with Gasteiger partial charge in [0.1, 0.15) is 5.15 Å². The van der Waals surface area contributed by atoms with Gasteiger partial charge in [0.25, 0.3) is 0 Å². The molecule has 0 aliphatic rings. The molecule has 1 rings (SSSR count). The first-order valence-corrected chi connectivity index (χ1v) is 7.08. The van der Waals surface area contributed by atoms with Crippen molar-refractivity contribution in [2.45, 2.75) is 13.3 Å². The quantitative estimate of drug-likeness (QED) is 0.742. The van der Waals surface area contributed by atoms with Crippen molar-refractivity contribution in [3.05, 3.63) is 16.9 Å². The van der Waals surface area contributed by atoms with Gasteiger partial charge in [-0.25, -0.2) is 0 Å². The first-order chi connectivity index (χ1) is 6.24. The molecular formula is C6H9Cl3N2O2S. The van der Waals surface area contributed by atoms with Crippen molar-refractivity contribution in [1.82, 2.24) is 9.78 Å². The zero-order valence-electron chi connectivity index (χ0n) is 7.54. The average Bonchev–Trinajstić information content (AvgIpc) is 2.28. The topological polar surface area (TPSA) is 52.0 Å². The molecule has 0 saturated heterocycles. The van der Waals surface area contributed by atoms with Crippen LogP contribution in [0.15, 0.2) is 6.07 Å². The molecule has 82 valence electrons. The van der Waals surface area contributed by atoms with Crippen molar-refractivity contribution >= 4 is 41.2 Å². The first-order valence-electron chi connectivity index (χ1n) is 3.56. The van der Waals surface area contributed by atoms with Gasteiger partial charge in [-0.15, -0.1) is 0 Å². The van der Waals surface area contributed by atoms with Crippen molar-refractivity contribution in [1.29, 1.82) is 0 Å². The Morgan fingerprint density at radius 3 is 2.07 bits per heavy atom. The van der Waals surface area contributed by atoms with Crippen molar-refractivity contribution < 1.29 is 8.42 Å². The van der Waals surface area contributed by atoms with E-state index >= 15 is 0 Å². The molecule has 4 nitrogen and oxygen atoms in total. The Morgan fingerprint density at radius 2 is 1.93 bits per heavy atom. The third kappa shape index (κ3) is 7.44. The molecule has 0 aromatic carbocycles. The lowest BCUT2D eigenvalue weighted by molar-refractivity contribution is 0.621. The van der Waals surface area contributed by atoms with E-state index in [1.807, 2.05) is 13.1 Å². The van der Waals surface area contributed by atoms with Gasteiger partial charge in [0.15, 0.2) is 0 Å². The summed E-state index contributed by atoms with van der Waals surface area (Å²) in [5.41, 5.74) is 1.04. The lowest BCUT2D eigenvalue weighted by Gasteiger charge is -1.86. The second-order valence-electron chi connectivity index (χ2n) is 2.31. The van der Waals surface area contributed by atoms with Crippen LogP contribution >= 0.6 is 33.0 Å². The minimum absolute atomic E-state index is 0.701. The minimum atomic E-state index is -3.72. The molecule has 0 fully saturated rings. The van der Waals surface area contributed by atoms with Crippen molar-refractivity contribution in [3.63, 3.8) is 0 Å². The Hall–Kier alpha value is 0.0300. The molecule has 1 heterocycles. The molecule has 0 unspecified atom stereocenters. The number of hydrogen-bond acceptors (Lipinski definition) is 3. The maximum absolute atomic E-state index is 9.16. The third-order valence-corrected chi connectivity index (χ3v) is 1.59. The molecule has 0 saturated carbocycles. The maximum atomic E-state index is 9.16. The van der Waals surface area contributed by atoms with Crippen molar-refractivity contribution in [2.75, 3.05) is 0 Å². The van der Waals surface area contributed by atoms with Crippen LogP contribution in [-0.4, -0.2) is 18.2 Å². The van der Waals surface area contributed by atoms with Crippen LogP contribution in [-0.2, 0) is 21.7 Å². The van der Waals surface area contributed by atoms with E-state index in [1.165, 1.54) is 0 Å². The average molecular weight is 280 g/mol. The highest BCUT2D eigenvalue weighted by Crippen LogP contribution is 2.08. The fourth-order valence-corrected chi connectivity index (χ4v) is 0.837. The number of nitrogens with zero attached hydrogens (tertiary/aromatic N) is 2. The van der Waals surface area contributed by atoms with E-state index in [-0.39, 0.29) is 0 Å². The van der Waals surface area contributed by atoms with E-state index < -0.39 is 8.26 Å². The van der Waals surface area contributed by atoms with E-state index in [4.69, 9.17) is 20.0 Å². The third-order valence-electron chi connectivity index (χ3n) is 1.24. The molecule has 0 amide bonds. The molecule has 0 atom stereocenters. The van der Waals surface area contributed by atoms with E-state index in [0.29, 0.717) is 5.15 Å². The summed E-state index contributed by atoms with van der Waals surface area (Å²) < 4.78 is 20.0. The zero-order chi connectivity index (χ0) is 11.4. The molecule has 0 spiro atoms. The van der Waals surface area contributed by atoms with E-state index in [0.717, 1.165) is 12.1 Å². The van der Waals surface area contributed by atoms with Crippen LogP contribution in [0.4, 0.5) is 0 Å². The number of aryl methyl sites for hydroxylation is 2. The van der Waals surface area contributed by atoms with Crippen LogP contribution in [0.2, 0.25) is 5.15 Å². The largest absolute Gasteiger partial charge is 0.317 e. The summed E-state index contributed by atoms with van der Waals surface area (Å²) in [6.07, 6.45) is 0.945. The minimum Gasteiger partial charge on any atom is -0.257 e. The second-order valence-corrected chi connectivity index (χ2v) is 6.37. The summed E-state index contributed by atoms with van der Waals surface area (Å²) in [5.74, 6) is 0. The Morgan fingerprint density at radius 1 is 1.50 bits per heavy atom. The number of hydrogen-bond donors (Lipinski definition) is 0. The van der Waals surface area contributed by atoms with Crippen molar-refractivity contribution in [2.24, 2.45) is 7.05 Å². The lowest BCUT2D eigenvalue weighted by Crippen LogP contribution is -1.90. The monoisotopic (exact) mass is 278 g/mol. The molecular weight excluding hydrogens is 271 g/mol. The van der Waals surface area contributed by atoms with Crippen LogP contribution in [0, 0.1) is 0 Å². The highest BCUT2D eigenvalue weighted by molar-refractivity contribution is 8.31. The summed E-state index contributed by atoms with van der Waals surface area (Å²) in [6.45, 7) is 2.05. The summed E-state index contributed by atoms with van der Waals surface area (Å²) in [6, 6.07) is 1.88. The van der Waals surface area contributed by atoms with Crippen LogP contribution in [0.5, 0.6) is 0 Å². The molecule has 8 heteroatoms. The van der Waals surface area contributed by atoms with Gasteiger partial charge in [0.2, 0.25) is 0 Å². The van der Waals surface area contributed by atoms with Gasteiger partial charge < -0.3 is 0 Å². The summed E-state index contributed by atoms with van der Waals surface area (Å²) >= 11 is 5.71. The molecule has 0 radical (unpaired) electrons. The molecule has 0 aliphatic heterocycles. The van der Waals surface area contributed by atoms with Crippen LogP contribution in [0.3, 0.4) is 0 Å². The first kappa shape index (κ1) is 14.0. The van der Waals surface area contributed by atoms with Gasteiger partial charge in [-0.2, -0.15) is 13.5 Å². The molecule has 0 aliphatic carbocycles. The van der Waals surface area contributed by atoms with Crippen molar-refractivity contribution in [3.8, 4) is 0 Å². The van der Waals surface area contributed by atoms with Gasteiger partial charge in [0.05, 0.1) is 5.69 Å². The number of aromatic nitrogens is 2. The van der Waals surface area contributed by atoms with Crippen LogP contribution in [0.25, 0.3) is 0 Å². The Kier molecular flexibility index (Phi) is 5.81. The van der Waals surface area contributed by atoms with E-state index in [1.54, 1.807) is 4.68 Å². The van der Waals surface area contributed by atoms with Gasteiger partial charge in [-0.05, 0) is 12.5 Å². The van der Waals surface area contributed by atoms with Gasteiger partial charge >= 0.3 is 8.26 Å². The van der Waals surface area contributed by atoms with Crippen LogP contribution < -0.4 is 0 Å². The summed E-state index contributed by atoms with van der Waals surface area (Å²) in [5, 5.41) is 4.81. The second kappa shape index (κ2) is 5.80. The van der Waals surface area contributed by atoms with Gasteiger partial charge in [-0.3, -0.25) is 4.68 Å². The fraction of sp³-hybridized carbons (Fsp3) is 0.500. The molecule has 1 aromatic heterocycles. The number of rotatable bonds is 1. The normalized spacial score (nSPS) is 10.6. The fourth-order valence-electron chi connectivity index (χ4n) is 0.673. The van der Waals surface area contributed by atoms with E-state index in [9.17, 15) is 0 Å². The molecule has 0 N–H and O–H groups in total. The van der Waals surface area contributed by atoms with Gasteiger partial charge in [-0.1, -0.05) is 18.5 Å². The zero-order valence-corrected chi connectivity index (χ0v) is 10.6. The highest BCUT2D eigenvalue weighted by atomic mass is 36.0. The Balaban J connectivity index is 0.000000292. The van der Waals surface area contributed by atoms with E-state index in [2.05, 4.69) is 33.4 Å². The summed E-state index contributed by atoms with van der Waals surface area (Å²) in [7, 11) is 6.65. The summed E-state index contributed by atoms with van der Waals surface area (Å²) in [4.78, 5) is 0. The molecule has 1 aromatic rings. The lowest BCUT2D eigenvalue weighted by atomic mass is 10.4. The Bertz CT molecular complexity index is 360. The predicted octanol–water partition coefficient (Wildman–Crippen LogP) is 2.34.